The number of carbonyl (C=O) groups is 1. The largest absolute Gasteiger partial charge is 0.481 e. The van der Waals surface area contributed by atoms with E-state index < -0.39 is 5.97 Å². The molecule has 0 radical (unpaired) electrons. The van der Waals surface area contributed by atoms with Gasteiger partial charge in [0, 0.05) is 4.47 Å². The van der Waals surface area contributed by atoms with Crippen molar-refractivity contribution in [3.05, 3.63) is 32.8 Å². The Morgan fingerprint density at radius 3 is 2.57 bits per heavy atom. The highest BCUT2D eigenvalue weighted by Gasteiger charge is 2.27. The molecular formula is C10H8BrClO2. The number of carboxylic acids is 1. The predicted octanol–water partition coefficient (Wildman–Crippen LogP) is 2.90. The highest BCUT2D eigenvalue weighted by atomic mass is 79.9. The highest BCUT2D eigenvalue weighted by Crippen LogP contribution is 2.33. The standard InChI is InChI=1S/C10H8BrClO2/c11-8-3-5-1-7(10(13)14)2-6(5)4-9(8)12/h3-4,7H,1-2H2,(H,13,14). The van der Waals surface area contributed by atoms with Gasteiger partial charge < -0.3 is 5.11 Å². The Labute approximate surface area is 95.0 Å². The number of fused-ring (bicyclic) bond motifs is 1. The lowest BCUT2D eigenvalue weighted by Crippen LogP contribution is -2.12. The molecule has 0 bridgehead atoms. The molecule has 0 heterocycles. The van der Waals surface area contributed by atoms with Crippen molar-refractivity contribution in [2.75, 3.05) is 0 Å². The van der Waals surface area contributed by atoms with Gasteiger partial charge in [-0.3, -0.25) is 4.79 Å². The lowest BCUT2D eigenvalue weighted by Gasteiger charge is -2.00. The first kappa shape index (κ1) is 9.99. The van der Waals surface area contributed by atoms with E-state index in [2.05, 4.69) is 15.9 Å². The zero-order valence-electron chi connectivity index (χ0n) is 7.26. The molecule has 1 unspecified atom stereocenters. The monoisotopic (exact) mass is 274 g/mol. The van der Waals surface area contributed by atoms with E-state index in [-0.39, 0.29) is 5.92 Å². The minimum absolute atomic E-state index is 0.282. The van der Waals surface area contributed by atoms with Crippen LogP contribution in [0, 0.1) is 5.92 Å². The normalized spacial score (nSPS) is 19.4. The summed E-state index contributed by atoms with van der Waals surface area (Å²) in [5, 5.41) is 9.53. The third-order valence-electron chi connectivity index (χ3n) is 2.52. The maximum atomic E-state index is 10.8. The number of aliphatic carboxylic acids is 1. The van der Waals surface area contributed by atoms with Crippen LogP contribution in [0.1, 0.15) is 11.1 Å². The second kappa shape index (κ2) is 3.55. The van der Waals surface area contributed by atoms with Gasteiger partial charge in [-0.15, -0.1) is 0 Å². The first-order valence-electron chi connectivity index (χ1n) is 4.27. The lowest BCUT2D eigenvalue weighted by molar-refractivity contribution is -0.141. The third kappa shape index (κ3) is 1.66. The minimum atomic E-state index is -0.728. The van der Waals surface area contributed by atoms with E-state index in [0.717, 1.165) is 15.6 Å². The number of rotatable bonds is 1. The van der Waals surface area contributed by atoms with Crippen molar-refractivity contribution in [1.82, 2.24) is 0 Å². The molecule has 74 valence electrons. The van der Waals surface area contributed by atoms with E-state index in [0.29, 0.717) is 17.9 Å². The zero-order chi connectivity index (χ0) is 10.3. The van der Waals surface area contributed by atoms with Crippen molar-refractivity contribution < 1.29 is 9.90 Å². The van der Waals surface area contributed by atoms with Crippen molar-refractivity contribution in [3.63, 3.8) is 0 Å². The van der Waals surface area contributed by atoms with Crippen molar-refractivity contribution >= 4 is 33.5 Å². The molecule has 0 saturated heterocycles. The van der Waals surface area contributed by atoms with Crippen LogP contribution in [0.15, 0.2) is 16.6 Å². The first-order valence-corrected chi connectivity index (χ1v) is 5.44. The summed E-state index contributed by atoms with van der Waals surface area (Å²) >= 11 is 9.25. The molecule has 0 fully saturated rings. The van der Waals surface area contributed by atoms with Crippen LogP contribution in [0.3, 0.4) is 0 Å². The Bertz CT molecular complexity index is 372. The van der Waals surface area contributed by atoms with Gasteiger partial charge in [0.2, 0.25) is 0 Å². The van der Waals surface area contributed by atoms with Gasteiger partial charge in [0.05, 0.1) is 10.9 Å². The predicted molar refractivity (Wildman–Crippen MR) is 57.7 cm³/mol. The Morgan fingerprint density at radius 2 is 2.00 bits per heavy atom. The second-order valence-electron chi connectivity index (χ2n) is 3.48. The molecule has 0 spiro atoms. The molecule has 4 heteroatoms. The second-order valence-corrected chi connectivity index (χ2v) is 4.74. The van der Waals surface area contributed by atoms with Gasteiger partial charge in [-0.25, -0.2) is 0 Å². The summed E-state index contributed by atoms with van der Waals surface area (Å²) in [6.07, 6.45) is 1.21. The number of halogens is 2. The molecule has 1 aromatic carbocycles. The molecule has 1 aliphatic rings. The SMILES string of the molecule is O=C(O)C1Cc2cc(Cl)c(Br)cc2C1. The van der Waals surface area contributed by atoms with Crippen LogP contribution in [-0.4, -0.2) is 11.1 Å². The molecule has 2 nitrogen and oxygen atoms in total. The molecule has 1 N–H and O–H groups in total. The minimum Gasteiger partial charge on any atom is -0.481 e. The molecule has 2 rings (SSSR count). The number of hydrogen-bond acceptors (Lipinski definition) is 1. The van der Waals surface area contributed by atoms with Gasteiger partial charge >= 0.3 is 5.97 Å². The summed E-state index contributed by atoms with van der Waals surface area (Å²) in [7, 11) is 0. The van der Waals surface area contributed by atoms with Crippen LogP contribution < -0.4 is 0 Å². The van der Waals surface area contributed by atoms with Crippen LogP contribution >= 0.6 is 27.5 Å². The topological polar surface area (TPSA) is 37.3 Å². The maximum Gasteiger partial charge on any atom is 0.307 e. The van der Waals surface area contributed by atoms with Gasteiger partial charge in [0.15, 0.2) is 0 Å². The van der Waals surface area contributed by atoms with Crippen LogP contribution in [0.4, 0.5) is 0 Å². The van der Waals surface area contributed by atoms with Crippen molar-refractivity contribution in [1.29, 1.82) is 0 Å². The van der Waals surface area contributed by atoms with Gasteiger partial charge in [-0.2, -0.15) is 0 Å². The summed E-state index contributed by atoms with van der Waals surface area (Å²) in [6, 6.07) is 3.77. The smallest absolute Gasteiger partial charge is 0.307 e. The average Bonchev–Trinajstić information content (AvgIpc) is 2.48. The Kier molecular flexibility index (Phi) is 2.54. The van der Waals surface area contributed by atoms with Gasteiger partial charge in [-0.1, -0.05) is 11.6 Å². The molecule has 1 atom stereocenters. The molecule has 1 aromatic rings. The van der Waals surface area contributed by atoms with E-state index >= 15 is 0 Å². The number of hydrogen-bond donors (Lipinski definition) is 1. The molecule has 0 aromatic heterocycles. The van der Waals surface area contributed by atoms with E-state index in [9.17, 15) is 4.79 Å². The Balaban J connectivity index is 2.36. The summed E-state index contributed by atoms with van der Waals surface area (Å²) in [4.78, 5) is 10.8. The molecule has 14 heavy (non-hydrogen) atoms. The molecule has 0 aliphatic heterocycles. The van der Waals surface area contributed by atoms with E-state index in [1.165, 1.54) is 0 Å². The van der Waals surface area contributed by atoms with Crippen molar-refractivity contribution in [2.45, 2.75) is 12.8 Å². The summed E-state index contributed by atoms with van der Waals surface area (Å²) in [5.74, 6) is -1.01. The van der Waals surface area contributed by atoms with Gasteiger partial charge in [0.25, 0.3) is 0 Å². The molecular weight excluding hydrogens is 267 g/mol. The zero-order valence-corrected chi connectivity index (χ0v) is 9.60. The average molecular weight is 276 g/mol. The Hall–Kier alpha value is -0.540. The third-order valence-corrected chi connectivity index (χ3v) is 3.72. The molecule has 0 amide bonds. The fourth-order valence-corrected chi connectivity index (χ4v) is 2.36. The first-order chi connectivity index (χ1) is 6.58. The highest BCUT2D eigenvalue weighted by molar-refractivity contribution is 9.10. The Morgan fingerprint density at radius 1 is 1.43 bits per heavy atom. The van der Waals surface area contributed by atoms with E-state index in [4.69, 9.17) is 16.7 Å². The molecule has 1 aliphatic carbocycles. The van der Waals surface area contributed by atoms with Crippen LogP contribution in [0.5, 0.6) is 0 Å². The van der Waals surface area contributed by atoms with E-state index in [1.807, 2.05) is 12.1 Å². The summed E-state index contributed by atoms with van der Waals surface area (Å²) in [5.41, 5.74) is 2.15. The maximum absolute atomic E-state index is 10.8. The summed E-state index contributed by atoms with van der Waals surface area (Å²) < 4.78 is 0.837. The quantitative estimate of drug-likeness (QED) is 0.855. The van der Waals surface area contributed by atoms with Gasteiger partial charge in [-0.05, 0) is 52.0 Å². The summed E-state index contributed by atoms with van der Waals surface area (Å²) in [6.45, 7) is 0. The van der Waals surface area contributed by atoms with Crippen LogP contribution in [0.2, 0.25) is 5.02 Å². The van der Waals surface area contributed by atoms with Crippen LogP contribution in [0.25, 0.3) is 0 Å². The number of benzene rings is 1. The molecule has 0 saturated carbocycles. The van der Waals surface area contributed by atoms with Crippen molar-refractivity contribution in [2.24, 2.45) is 5.92 Å². The lowest BCUT2D eigenvalue weighted by atomic mass is 10.1. The van der Waals surface area contributed by atoms with Crippen LogP contribution in [-0.2, 0) is 17.6 Å². The van der Waals surface area contributed by atoms with Crippen molar-refractivity contribution in [3.8, 4) is 0 Å². The fraction of sp³-hybridized carbons (Fsp3) is 0.300. The van der Waals surface area contributed by atoms with Gasteiger partial charge in [0.1, 0.15) is 0 Å². The fourth-order valence-electron chi connectivity index (χ4n) is 1.79. The number of carboxylic acid groups (broad SMARTS) is 1. The van der Waals surface area contributed by atoms with E-state index in [1.54, 1.807) is 0 Å².